The molecule has 0 saturated carbocycles. The Morgan fingerprint density at radius 1 is 1.00 bits per heavy atom. The Kier molecular flexibility index (Phi) is 5.61. The van der Waals surface area contributed by atoms with Crippen LogP contribution in [0.5, 0.6) is 0 Å². The van der Waals surface area contributed by atoms with Crippen LogP contribution in [-0.2, 0) is 6.61 Å². The Labute approximate surface area is 189 Å². The minimum Gasteiger partial charge on any atom is -0.391 e. The third-order valence-electron chi connectivity index (χ3n) is 5.82. The predicted octanol–water partition coefficient (Wildman–Crippen LogP) is 3.08. The van der Waals surface area contributed by atoms with E-state index in [1.165, 1.54) is 12.1 Å². The summed E-state index contributed by atoms with van der Waals surface area (Å²) in [6.45, 7) is 3.18. The van der Waals surface area contributed by atoms with Gasteiger partial charge in [0.2, 0.25) is 5.95 Å². The lowest BCUT2D eigenvalue weighted by Crippen LogP contribution is -2.44. The summed E-state index contributed by atoms with van der Waals surface area (Å²) in [4.78, 5) is 18.0. The third kappa shape index (κ3) is 4.22. The van der Waals surface area contributed by atoms with Crippen LogP contribution in [-0.4, -0.2) is 62.8 Å². The summed E-state index contributed by atoms with van der Waals surface area (Å²) in [6.07, 6.45) is 5.04. The zero-order chi connectivity index (χ0) is 22.9. The quantitative estimate of drug-likeness (QED) is 0.483. The van der Waals surface area contributed by atoms with Gasteiger partial charge in [-0.2, -0.15) is 4.98 Å². The molecule has 3 aromatic heterocycles. The minimum absolute atomic E-state index is 0.264. The highest BCUT2D eigenvalue weighted by atomic mass is 19.1. The number of nitrogens with one attached hydrogen (secondary N) is 1. The lowest BCUT2D eigenvalue weighted by Gasteiger charge is -2.33. The Hall–Kier alpha value is -3.63. The number of halogens is 2. The first-order valence-corrected chi connectivity index (χ1v) is 10.6. The minimum atomic E-state index is -0.812. The van der Waals surface area contributed by atoms with Gasteiger partial charge in [0.1, 0.15) is 23.1 Å². The van der Waals surface area contributed by atoms with Gasteiger partial charge in [0.25, 0.3) is 0 Å². The summed E-state index contributed by atoms with van der Waals surface area (Å²) >= 11 is 0. The zero-order valence-electron chi connectivity index (χ0n) is 18.0. The van der Waals surface area contributed by atoms with Gasteiger partial charge in [-0.05, 0) is 37.4 Å². The van der Waals surface area contributed by atoms with Gasteiger partial charge < -0.3 is 24.8 Å². The van der Waals surface area contributed by atoms with Crippen LogP contribution in [0.15, 0.2) is 48.9 Å². The van der Waals surface area contributed by atoms with Crippen LogP contribution in [0.2, 0.25) is 0 Å². The molecule has 1 saturated heterocycles. The lowest BCUT2D eigenvalue weighted by atomic mass is 10.2. The smallest absolute Gasteiger partial charge is 0.229 e. The maximum atomic E-state index is 14.2. The number of benzene rings is 1. The summed E-state index contributed by atoms with van der Waals surface area (Å²) in [5.74, 6) is -0.361. The number of aliphatic hydroxyl groups is 1. The van der Waals surface area contributed by atoms with Gasteiger partial charge in [-0.1, -0.05) is 0 Å². The number of aromatic nitrogens is 4. The summed E-state index contributed by atoms with van der Waals surface area (Å²) in [5.41, 5.74) is 1.12. The highest BCUT2D eigenvalue weighted by Gasteiger charge is 2.16. The Bertz CT molecular complexity index is 1260. The van der Waals surface area contributed by atoms with E-state index in [2.05, 4.69) is 37.1 Å². The van der Waals surface area contributed by atoms with Gasteiger partial charge in [0.15, 0.2) is 0 Å². The average molecular weight is 451 g/mol. The molecule has 1 aliphatic heterocycles. The third-order valence-corrected chi connectivity index (χ3v) is 5.82. The molecule has 0 spiro atoms. The molecule has 2 N–H and O–H groups in total. The number of aliphatic hydroxyl groups excluding tert-OH is 1. The topological polar surface area (TPSA) is 82.3 Å². The number of nitrogens with zero attached hydrogens (tertiary/aromatic N) is 6. The summed E-state index contributed by atoms with van der Waals surface area (Å²) < 4.78 is 29.9. The van der Waals surface area contributed by atoms with Crippen LogP contribution in [0, 0.1) is 11.6 Å². The lowest BCUT2D eigenvalue weighted by molar-refractivity contribution is 0.269. The van der Waals surface area contributed by atoms with E-state index in [1.54, 1.807) is 29.2 Å². The number of piperazine rings is 1. The van der Waals surface area contributed by atoms with E-state index in [-0.39, 0.29) is 11.3 Å². The summed E-state index contributed by atoms with van der Waals surface area (Å²) in [6, 6.07) is 7.99. The monoisotopic (exact) mass is 451 g/mol. The van der Waals surface area contributed by atoms with Crippen molar-refractivity contribution in [2.75, 3.05) is 43.4 Å². The molecule has 0 unspecified atom stereocenters. The Balaban J connectivity index is 1.39. The van der Waals surface area contributed by atoms with E-state index >= 15 is 0 Å². The first-order valence-electron chi connectivity index (χ1n) is 10.6. The molecule has 0 radical (unpaired) electrons. The molecule has 170 valence electrons. The van der Waals surface area contributed by atoms with Crippen LogP contribution in [0.25, 0.3) is 16.7 Å². The molecular weight excluding hydrogens is 428 g/mol. The van der Waals surface area contributed by atoms with Gasteiger partial charge in [-0.15, -0.1) is 0 Å². The van der Waals surface area contributed by atoms with Crippen molar-refractivity contribution in [3.8, 4) is 5.69 Å². The van der Waals surface area contributed by atoms with Crippen molar-refractivity contribution in [3.05, 3.63) is 66.1 Å². The molecule has 4 heterocycles. The van der Waals surface area contributed by atoms with E-state index in [0.717, 1.165) is 43.1 Å². The van der Waals surface area contributed by atoms with Crippen molar-refractivity contribution < 1.29 is 13.9 Å². The number of likely N-dealkylation sites (N-methyl/N-ethyl adjacent to an activating group) is 1. The second-order valence-corrected chi connectivity index (χ2v) is 8.02. The van der Waals surface area contributed by atoms with Gasteiger partial charge >= 0.3 is 0 Å². The average Bonchev–Trinajstić information content (AvgIpc) is 3.23. The van der Waals surface area contributed by atoms with Crippen molar-refractivity contribution in [1.82, 2.24) is 24.4 Å². The van der Waals surface area contributed by atoms with Gasteiger partial charge in [0.05, 0.1) is 24.2 Å². The maximum Gasteiger partial charge on any atom is 0.229 e. The molecule has 33 heavy (non-hydrogen) atoms. The van der Waals surface area contributed by atoms with Crippen molar-refractivity contribution in [2.24, 2.45) is 0 Å². The normalized spacial score (nSPS) is 14.7. The number of fused-ring (bicyclic) bond motifs is 1. The molecular formula is C23H23F2N7O. The first kappa shape index (κ1) is 21.2. The highest BCUT2D eigenvalue weighted by molar-refractivity contribution is 5.78. The highest BCUT2D eigenvalue weighted by Crippen LogP contribution is 2.24. The van der Waals surface area contributed by atoms with Crippen LogP contribution >= 0.6 is 0 Å². The fourth-order valence-electron chi connectivity index (χ4n) is 3.88. The number of anilines is 3. The number of hydrogen-bond acceptors (Lipinski definition) is 7. The van der Waals surface area contributed by atoms with Gasteiger partial charge in [-0.3, -0.25) is 0 Å². The molecule has 10 heteroatoms. The largest absolute Gasteiger partial charge is 0.391 e. The fourth-order valence-corrected chi connectivity index (χ4v) is 3.88. The molecule has 4 aromatic rings. The second-order valence-electron chi connectivity index (χ2n) is 8.02. The van der Waals surface area contributed by atoms with Crippen molar-refractivity contribution in [2.45, 2.75) is 6.61 Å². The van der Waals surface area contributed by atoms with Crippen molar-refractivity contribution in [3.63, 3.8) is 0 Å². The van der Waals surface area contributed by atoms with Gasteiger partial charge in [-0.25, -0.2) is 18.7 Å². The van der Waals surface area contributed by atoms with Crippen LogP contribution in [0.3, 0.4) is 0 Å². The second kappa shape index (κ2) is 8.72. The van der Waals surface area contributed by atoms with E-state index in [9.17, 15) is 8.78 Å². The molecule has 1 aromatic carbocycles. The van der Waals surface area contributed by atoms with Crippen LogP contribution < -0.4 is 10.2 Å². The SMILES string of the molecule is CN1CCN(c2ccc(Nc3ncc4ccn(-c5cc(F)c(CO)c(F)c5)c4n3)cn2)CC1. The first-order chi connectivity index (χ1) is 16.0. The molecule has 0 atom stereocenters. The van der Waals surface area contributed by atoms with Crippen LogP contribution in [0.4, 0.5) is 26.2 Å². The summed E-state index contributed by atoms with van der Waals surface area (Å²) in [7, 11) is 2.11. The molecule has 1 fully saturated rings. The standard InChI is InChI=1S/C23H23F2N7O/c1-30-6-8-31(9-7-30)21-3-2-16(13-26-21)28-23-27-12-15-4-5-32(22(15)29-23)17-10-19(24)18(14-33)20(25)11-17/h2-5,10-13,33H,6-9,14H2,1H3,(H,27,28,29). The van der Waals surface area contributed by atoms with Crippen molar-refractivity contribution >= 4 is 28.5 Å². The van der Waals surface area contributed by atoms with Crippen LogP contribution in [0.1, 0.15) is 5.56 Å². The number of rotatable bonds is 5. The van der Waals surface area contributed by atoms with Crippen molar-refractivity contribution in [1.29, 1.82) is 0 Å². The predicted molar refractivity (Wildman–Crippen MR) is 122 cm³/mol. The van der Waals surface area contributed by atoms with Gasteiger partial charge in [0, 0.05) is 49.5 Å². The number of hydrogen-bond donors (Lipinski definition) is 2. The molecule has 8 nitrogen and oxygen atoms in total. The molecule has 0 amide bonds. The molecule has 5 rings (SSSR count). The van der Waals surface area contributed by atoms with E-state index in [4.69, 9.17) is 5.11 Å². The molecule has 0 aliphatic carbocycles. The molecule has 0 bridgehead atoms. The Morgan fingerprint density at radius 2 is 1.76 bits per heavy atom. The Morgan fingerprint density at radius 3 is 2.42 bits per heavy atom. The maximum absolute atomic E-state index is 14.2. The molecule has 1 aliphatic rings. The summed E-state index contributed by atoms with van der Waals surface area (Å²) in [5, 5.41) is 13.0. The zero-order valence-corrected chi connectivity index (χ0v) is 18.0. The van der Waals surface area contributed by atoms with E-state index in [1.807, 2.05) is 12.1 Å². The van der Waals surface area contributed by atoms with E-state index < -0.39 is 18.2 Å². The number of pyridine rings is 1. The fraction of sp³-hybridized carbons (Fsp3) is 0.261. The van der Waals surface area contributed by atoms with E-state index in [0.29, 0.717) is 11.6 Å².